The van der Waals surface area contributed by atoms with Gasteiger partial charge in [-0.3, -0.25) is 9.69 Å². The minimum absolute atomic E-state index is 0.454. The minimum atomic E-state index is -0.564. The van der Waals surface area contributed by atoms with E-state index in [2.05, 4.69) is 29.4 Å². The molecule has 2 aromatic rings. The lowest BCUT2D eigenvalue weighted by molar-refractivity contribution is -0.106. The van der Waals surface area contributed by atoms with E-state index in [1.807, 2.05) is 62.2 Å². The third kappa shape index (κ3) is 11.2. The Bertz CT molecular complexity index is 1020. The number of benzene rings is 2. The monoisotopic (exact) mass is 557 g/mol. The summed E-state index contributed by atoms with van der Waals surface area (Å²) in [6.07, 6.45) is 2.87. The van der Waals surface area contributed by atoms with E-state index in [0.717, 1.165) is 61.5 Å². The third-order valence-corrected chi connectivity index (χ3v) is 7.09. The molecule has 1 fully saturated rings. The second-order valence-electron chi connectivity index (χ2n) is 10.7. The molecular formula is C30H47N5O3S. The molecule has 1 atom stereocenters. The number of amides is 3. The lowest BCUT2D eigenvalue weighted by Gasteiger charge is -2.34. The lowest BCUT2D eigenvalue weighted by Crippen LogP contribution is -2.55. The van der Waals surface area contributed by atoms with Crippen LogP contribution in [0.15, 0.2) is 42.5 Å². The smallest absolute Gasteiger partial charge is 0.329 e. The first-order chi connectivity index (χ1) is 18.7. The van der Waals surface area contributed by atoms with Crippen molar-refractivity contribution in [3.05, 3.63) is 42.5 Å². The highest BCUT2D eigenvalue weighted by atomic mass is 32.1. The van der Waals surface area contributed by atoms with E-state index < -0.39 is 11.6 Å². The fraction of sp³-hybridized carbons (Fsp3) is 0.567. The highest BCUT2D eigenvalue weighted by Crippen LogP contribution is 2.26. The summed E-state index contributed by atoms with van der Waals surface area (Å²) in [4.78, 5) is 30.3. The molecule has 0 bridgehead atoms. The molecule has 2 aromatic carbocycles. The van der Waals surface area contributed by atoms with Crippen molar-refractivity contribution in [1.29, 1.82) is 0 Å². The number of nitrogens with zero attached hydrogens (tertiary/aromatic N) is 3. The predicted molar refractivity (Wildman–Crippen MR) is 166 cm³/mol. The van der Waals surface area contributed by atoms with Crippen LogP contribution in [-0.2, 0) is 9.53 Å². The molecule has 1 aliphatic heterocycles. The van der Waals surface area contributed by atoms with Gasteiger partial charge in [-0.25, -0.2) is 9.69 Å². The molecule has 1 saturated heterocycles. The van der Waals surface area contributed by atoms with Crippen molar-refractivity contribution in [1.82, 2.24) is 20.4 Å². The number of carbonyl (C=O) groups excluding carboxylic acids is 2. The Hall–Kier alpha value is -2.59. The third-order valence-electron chi connectivity index (χ3n) is 6.79. The van der Waals surface area contributed by atoms with Crippen molar-refractivity contribution in [3.63, 3.8) is 0 Å². The van der Waals surface area contributed by atoms with Gasteiger partial charge in [0.05, 0.1) is 29.9 Å². The second-order valence-corrected chi connectivity index (χ2v) is 11.0. The second kappa shape index (κ2) is 17.2. The molecule has 8 nitrogen and oxygen atoms in total. The van der Waals surface area contributed by atoms with Crippen LogP contribution in [0.2, 0.25) is 0 Å². The number of rotatable bonds is 13. The number of imide groups is 1. The summed E-state index contributed by atoms with van der Waals surface area (Å²) in [5.41, 5.74) is 1.64. The van der Waals surface area contributed by atoms with E-state index >= 15 is 0 Å². The van der Waals surface area contributed by atoms with E-state index in [1.54, 1.807) is 11.6 Å². The van der Waals surface area contributed by atoms with Crippen molar-refractivity contribution in [2.24, 2.45) is 5.92 Å². The minimum Gasteiger partial charge on any atom is -0.379 e. The molecule has 216 valence electrons. The van der Waals surface area contributed by atoms with E-state index in [0.29, 0.717) is 24.6 Å². The maximum absolute atomic E-state index is 12.9. The van der Waals surface area contributed by atoms with Crippen LogP contribution in [0.5, 0.6) is 0 Å². The molecule has 0 aromatic heterocycles. The number of carbonyl (C=O) groups is 2. The van der Waals surface area contributed by atoms with Crippen molar-refractivity contribution < 1.29 is 14.3 Å². The van der Waals surface area contributed by atoms with E-state index in [4.69, 9.17) is 17.0 Å². The van der Waals surface area contributed by atoms with Gasteiger partial charge in [-0.05, 0) is 57.8 Å². The van der Waals surface area contributed by atoms with Gasteiger partial charge in [-0.15, -0.1) is 0 Å². The fourth-order valence-corrected chi connectivity index (χ4v) is 4.67. The molecule has 0 radical (unpaired) electrons. The molecule has 1 aliphatic rings. The Labute approximate surface area is 240 Å². The highest BCUT2D eigenvalue weighted by molar-refractivity contribution is 7.78. The number of anilines is 1. The summed E-state index contributed by atoms with van der Waals surface area (Å²) < 4.78 is 5.25. The SMILES string of the molecule is CCC(C)CN(C=S)CC(C)(C)NC(=O)N(C=O)c1cccc2ccccc12.CNCCCN1CCOCC1. The summed E-state index contributed by atoms with van der Waals surface area (Å²) in [5, 5.41) is 7.94. The number of urea groups is 1. The number of morpholine rings is 1. The molecule has 3 amide bonds. The molecule has 0 saturated carbocycles. The van der Waals surface area contributed by atoms with Crippen molar-refractivity contribution in [3.8, 4) is 0 Å². The Morgan fingerprint density at radius 2 is 1.87 bits per heavy atom. The van der Waals surface area contributed by atoms with Crippen LogP contribution in [0, 0.1) is 5.92 Å². The molecule has 1 unspecified atom stereocenters. The van der Waals surface area contributed by atoms with Gasteiger partial charge in [0.2, 0.25) is 6.41 Å². The van der Waals surface area contributed by atoms with Gasteiger partial charge in [0.25, 0.3) is 0 Å². The zero-order valence-electron chi connectivity index (χ0n) is 24.3. The van der Waals surface area contributed by atoms with Crippen molar-refractivity contribution in [2.75, 3.05) is 64.4 Å². The van der Waals surface area contributed by atoms with Gasteiger partial charge in [0, 0.05) is 31.6 Å². The van der Waals surface area contributed by atoms with Gasteiger partial charge in [0.1, 0.15) is 0 Å². The summed E-state index contributed by atoms with van der Waals surface area (Å²) in [6, 6.07) is 12.8. The summed E-state index contributed by atoms with van der Waals surface area (Å²) >= 11 is 5.15. The Morgan fingerprint density at radius 1 is 1.18 bits per heavy atom. The highest BCUT2D eigenvalue weighted by Gasteiger charge is 2.27. The van der Waals surface area contributed by atoms with Crippen molar-refractivity contribution in [2.45, 2.75) is 46.1 Å². The largest absolute Gasteiger partial charge is 0.379 e. The van der Waals surface area contributed by atoms with Gasteiger partial charge >= 0.3 is 6.03 Å². The van der Waals surface area contributed by atoms with Gasteiger partial charge < -0.3 is 20.3 Å². The van der Waals surface area contributed by atoms with E-state index in [9.17, 15) is 9.59 Å². The summed E-state index contributed by atoms with van der Waals surface area (Å²) in [7, 11) is 2.00. The maximum atomic E-state index is 12.9. The average molecular weight is 558 g/mol. The average Bonchev–Trinajstić information content (AvgIpc) is 2.93. The quantitative estimate of drug-likeness (QED) is 0.213. The van der Waals surface area contributed by atoms with Crippen LogP contribution in [-0.4, -0.2) is 92.8 Å². The fourth-order valence-electron chi connectivity index (χ4n) is 4.51. The zero-order valence-corrected chi connectivity index (χ0v) is 25.1. The number of thiocarbonyl (C=S) groups is 1. The topological polar surface area (TPSA) is 77.2 Å². The van der Waals surface area contributed by atoms with Crippen LogP contribution in [0.25, 0.3) is 10.8 Å². The Balaban J connectivity index is 0.000000404. The van der Waals surface area contributed by atoms with Gasteiger partial charge in [0.15, 0.2) is 0 Å². The van der Waals surface area contributed by atoms with Gasteiger partial charge in [-0.2, -0.15) is 0 Å². The lowest BCUT2D eigenvalue weighted by atomic mass is 10.0. The number of hydrogen-bond donors (Lipinski definition) is 2. The Kier molecular flexibility index (Phi) is 14.4. The molecule has 39 heavy (non-hydrogen) atoms. The Morgan fingerprint density at radius 3 is 2.51 bits per heavy atom. The van der Waals surface area contributed by atoms with Gasteiger partial charge in [-0.1, -0.05) is 68.9 Å². The van der Waals surface area contributed by atoms with Crippen LogP contribution in [0.4, 0.5) is 10.5 Å². The molecule has 2 N–H and O–H groups in total. The summed E-state index contributed by atoms with van der Waals surface area (Å²) in [5.74, 6) is 0.507. The normalized spacial score (nSPS) is 14.6. The molecule has 0 spiro atoms. The predicted octanol–water partition coefficient (Wildman–Crippen LogP) is 4.52. The van der Waals surface area contributed by atoms with Crippen LogP contribution < -0.4 is 15.5 Å². The first-order valence-electron chi connectivity index (χ1n) is 13.9. The number of nitrogens with one attached hydrogen (secondary N) is 2. The molecule has 0 aliphatic carbocycles. The summed E-state index contributed by atoms with van der Waals surface area (Å²) in [6.45, 7) is 16.0. The molecule has 1 heterocycles. The van der Waals surface area contributed by atoms with E-state index in [1.165, 1.54) is 13.0 Å². The van der Waals surface area contributed by atoms with Crippen LogP contribution in [0.1, 0.15) is 40.5 Å². The van der Waals surface area contributed by atoms with E-state index in [-0.39, 0.29) is 0 Å². The standard InChI is InChI=1S/C22H29N3O2S.C8H18N2O/c1-5-17(2)13-24(16-28)14-22(3,4)23-21(27)25(15-26)20-12-8-10-18-9-6-7-11-19(18)20;1-9-3-2-4-10-5-7-11-8-6-10/h6-12,15-17H,5,13-14H2,1-4H3,(H,23,27);9H,2-8H2,1H3. The first kappa shape index (κ1) is 32.6. The first-order valence-corrected chi connectivity index (χ1v) is 14.4. The van der Waals surface area contributed by atoms with Crippen LogP contribution in [0.3, 0.4) is 0 Å². The van der Waals surface area contributed by atoms with Crippen LogP contribution >= 0.6 is 12.2 Å². The zero-order chi connectivity index (χ0) is 28.7. The molecule has 3 rings (SSSR count). The molecule has 9 heteroatoms. The molecular weight excluding hydrogens is 510 g/mol. The van der Waals surface area contributed by atoms with Crippen molar-refractivity contribution >= 4 is 46.6 Å². The number of ether oxygens (including phenoxy) is 1. The number of hydrogen-bond acceptors (Lipinski definition) is 6. The maximum Gasteiger partial charge on any atom is 0.329 e. The number of fused-ring (bicyclic) bond motifs is 1.